The van der Waals surface area contributed by atoms with Crippen LogP contribution in [0.3, 0.4) is 0 Å². The van der Waals surface area contributed by atoms with E-state index >= 15 is 0 Å². The molecule has 7 nitrogen and oxygen atoms in total. The predicted octanol–water partition coefficient (Wildman–Crippen LogP) is 5.10. The van der Waals surface area contributed by atoms with E-state index in [9.17, 15) is 4.79 Å². The van der Waals surface area contributed by atoms with Crippen LogP contribution in [0.25, 0.3) is 21.0 Å². The van der Waals surface area contributed by atoms with Gasteiger partial charge in [-0.05, 0) is 43.8 Å². The minimum Gasteiger partial charge on any atom is -0.444 e. The Hall–Kier alpha value is -2.57. The number of rotatable bonds is 3. The number of pyridine rings is 1. The first-order chi connectivity index (χ1) is 10.4. The van der Waals surface area contributed by atoms with Gasteiger partial charge in [0.15, 0.2) is 0 Å². The molecular formula is C14H15N5O2S. The van der Waals surface area contributed by atoms with Gasteiger partial charge >= 0.3 is 6.09 Å². The second-order valence-electron chi connectivity index (χ2n) is 5.38. The van der Waals surface area contributed by atoms with Gasteiger partial charge in [-0.2, -0.15) is 0 Å². The van der Waals surface area contributed by atoms with Crippen molar-refractivity contribution in [3.05, 3.63) is 40.2 Å². The predicted molar refractivity (Wildman–Crippen MR) is 86.2 cm³/mol. The number of hydrogen-bond donors (Lipinski definition) is 1. The molecule has 2 aromatic rings. The van der Waals surface area contributed by atoms with Crippen molar-refractivity contribution in [1.82, 2.24) is 4.98 Å². The Labute approximate surface area is 131 Å². The molecule has 0 aromatic carbocycles. The van der Waals surface area contributed by atoms with Gasteiger partial charge in [-0.25, -0.2) is 4.79 Å². The number of hydrogen-bond acceptors (Lipinski definition) is 5. The Morgan fingerprint density at radius 3 is 2.86 bits per heavy atom. The van der Waals surface area contributed by atoms with Crippen molar-refractivity contribution >= 4 is 28.8 Å². The number of carbonyl (C=O) groups excluding carboxylic acids is 1. The molecule has 8 heteroatoms. The third-order valence-corrected chi connectivity index (χ3v) is 3.34. The minimum absolute atomic E-state index is 0.284. The van der Waals surface area contributed by atoms with Crippen molar-refractivity contribution in [2.45, 2.75) is 26.4 Å². The maximum absolute atomic E-state index is 11.8. The zero-order valence-corrected chi connectivity index (χ0v) is 13.2. The van der Waals surface area contributed by atoms with E-state index in [4.69, 9.17) is 10.3 Å². The minimum atomic E-state index is -0.632. The van der Waals surface area contributed by atoms with Gasteiger partial charge in [-0.1, -0.05) is 11.2 Å². The maximum Gasteiger partial charge on any atom is 0.412 e. The smallest absolute Gasteiger partial charge is 0.412 e. The van der Waals surface area contributed by atoms with Crippen LogP contribution in [-0.4, -0.2) is 16.7 Å². The van der Waals surface area contributed by atoms with Gasteiger partial charge in [0, 0.05) is 4.91 Å². The largest absolute Gasteiger partial charge is 0.444 e. The van der Waals surface area contributed by atoms with E-state index in [0.29, 0.717) is 11.4 Å². The molecule has 0 bridgehead atoms. The Kier molecular flexibility index (Phi) is 4.65. The molecule has 0 aliphatic rings. The zero-order chi connectivity index (χ0) is 16.2. The van der Waals surface area contributed by atoms with Gasteiger partial charge in [0.2, 0.25) is 0 Å². The number of azide groups is 1. The average Bonchev–Trinajstić information content (AvgIpc) is 2.92. The molecule has 22 heavy (non-hydrogen) atoms. The summed E-state index contributed by atoms with van der Waals surface area (Å²) in [6.07, 6.45) is 0.816. The first-order valence-electron chi connectivity index (χ1n) is 6.48. The quantitative estimate of drug-likeness (QED) is 0.484. The first-order valence-corrected chi connectivity index (χ1v) is 7.36. The van der Waals surface area contributed by atoms with Crippen molar-refractivity contribution in [3.8, 4) is 10.6 Å². The van der Waals surface area contributed by atoms with E-state index in [1.165, 1.54) is 17.5 Å². The fourth-order valence-corrected chi connectivity index (χ4v) is 2.34. The Morgan fingerprint density at radius 1 is 1.50 bits per heavy atom. The fourth-order valence-electron chi connectivity index (χ4n) is 1.64. The van der Waals surface area contributed by atoms with Gasteiger partial charge in [0.1, 0.15) is 5.60 Å². The molecule has 0 unspecified atom stereocenters. The van der Waals surface area contributed by atoms with E-state index in [1.807, 2.05) is 17.5 Å². The summed E-state index contributed by atoms with van der Waals surface area (Å²) < 4.78 is 5.17. The molecule has 114 valence electrons. The lowest BCUT2D eigenvalue weighted by Crippen LogP contribution is -2.27. The third kappa shape index (κ3) is 4.21. The summed E-state index contributed by atoms with van der Waals surface area (Å²) >= 11 is 1.52. The molecule has 0 saturated heterocycles. The van der Waals surface area contributed by atoms with Crippen LogP contribution in [0.5, 0.6) is 0 Å². The third-order valence-electron chi connectivity index (χ3n) is 2.44. The Balaban J connectivity index is 2.28. The van der Waals surface area contributed by atoms with Gasteiger partial charge in [0.05, 0.1) is 28.1 Å². The van der Waals surface area contributed by atoms with Crippen LogP contribution < -0.4 is 5.32 Å². The normalized spacial score (nSPS) is 10.7. The lowest BCUT2D eigenvalue weighted by Gasteiger charge is -2.20. The van der Waals surface area contributed by atoms with Gasteiger partial charge in [-0.3, -0.25) is 10.3 Å². The molecule has 0 fully saturated rings. The molecule has 0 aliphatic carbocycles. The lowest BCUT2D eigenvalue weighted by molar-refractivity contribution is 0.0636. The summed E-state index contributed by atoms with van der Waals surface area (Å²) in [5.41, 5.74) is 9.32. The van der Waals surface area contributed by atoms with Gasteiger partial charge in [0.25, 0.3) is 0 Å². The Bertz CT molecular complexity index is 715. The molecule has 0 saturated carbocycles. The highest BCUT2D eigenvalue weighted by atomic mass is 32.1. The first kappa shape index (κ1) is 15.8. The van der Waals surface area contributed by atoms with E-state index in [1.54, 1.807) is 26.8 Å². The van der Waals surface area contributed by atoms with Crippen molar-refractivity contribution < 1.29 is 9.53 Å². The summed E-state index contributed by atoms with van der Waals surface area (Å²) in [6.45, 7) is 5.29. The number of aromatic nitrogens is 1. The van der Waals surface area contributed by atoms with Crippen LogP contribution in [0, 0.1) is 0 Å². The molecular weight excluding hydrogens is 302 g/mol. The molecule has 2 rings (SSSR count). The molecule has 1 N–H and O–H groups in total. The summed E-state index contributed by atoms with van der Waals surface area (Å²) in [6, 6.07) is 5.44. The second kappa shape index (κ2) is 6.46. The maximum atomic E-state index is 11.8. The lowest BCUT2D eigenvalue weighted by atomic mass is 10.2. The monoisotopic (exact) mass is 317 g/mol. The summed E-state index contributed by atoms with van der Waals surface area (Å²) in [5, 5.41) is 8.07. The summed E-state index contributed by atoms with van der Waals surface area (Å²) in [5.74, 6) is 0. The average molecular weight is 317 g/mol. The molecule has 2 aromatic heterocycles. The second-order valence-corrected chi connectivity index (χ2v) is 6.33. The number of ether oxygens (including phenoxy) is 1. The topological polar surface area (TPSA) is 100.0 Å². The fraction of sp³-hybridized carbons (Fsp3) is 0.286. The molecule has 2 heterocycles. The van der Waals surface area contributed by atoms with E-state index in [0.717, 1.165) is 4.88 Å². The van der Waals surface area contributed by atoms with Gasteiger partial charge in [-0.15, -0.1) is 11.3 Å². The van der Waals surface area contributed by atoms with Crippen LogP contribution in [0.4, 0.5) is 16.2 Å². The number of nitrogens with zero attached hydrogens (tertiary/aromatic N) is 4. The zero-order valence-electron chi connectivity index (χ0n) is 12.4. The van der Waals surface area contributed by atoms with E-state index < -0.39 is 11.7 Å². The number of thiophene rings is 1. The van der Waals surface area contributed by atoms with E-state index in [-0.39, 0.29) is 5.69 Å². The Morgan fingerprint density at radius 2 is 2.27 bits per heavy atom. The van der Waals surface area contributed by atoms with Crippen LogP contribution in [0.2, 0.25) is 0 Å². The van der Waals surface area contributed by atoms with Crippen LogP contribution in [0.1, 0.15) is 20.8 Å². The van der Waals surface area contributed by atoms with Crippen LogP contribution >= 0.6 is 11.3 Å². The molecule has 1 amide bonds. The number of nitrogens with one attached hydrogen (secondary N) is 1. The molecule has 0 spiro atoms. The summed E-state index contributed by atoms with van der Waals surface area (Å²) in [4.78, 5) is 19.8. The molecule has 0 atom stereocenters. The number of anilines is 1. The van der Waals surface area contributed by atoms with Crippen molar-refractivity contribution in [2.75, 3.05) is 5.32 Å². The van der Waals surface area contributed by atoms with E-state index in [2.05, 4.69) is 20.3 Å². The molecule has 0 aliphatic heterocycles. The van der Waals surface area contributed by atoms with Crippen molar-refractivity contribution in [3.63, 3.8) is 0 Å². The highest BCUT2D eigenvalue weighted by molar-refractivity contribution is 7.13. The summed E-state index contributed by atoms with van der Waals surface area (Å²) in [7, 11) is 0. The highest BCUT2D eigenvalue weighted by Gasteiger charge is 2.17. The van der Waals surface area contributed by atoms with Crippen LogP contribution in [0.15, 0.2) is 34.9 Å². The molecule has 0 radical (unpaired) electrons. The number of amides is 1. The van der Waals surface area contributed by atoms with Crippen molar-refractivity contribution in [2.24, 2.45) is 5.11 Å². The SMILES string of the molecule is CC(C)(C)OC(=O)Nc1cnc(-c2cccs2)cc1N=[N+]=[N-]. The number of carbonyl (C=O) groups is 1. The van der Waals surface area contributed by atoms with Crippen molar-refractivity contribution in [1.29, 1.82) is 0 Å². The van der Waals surface area contributed by atoms with Gasteiger partial charge < -0.3 is 4.74 Å². The standard InChI is InChI=1S/C14H15N5O2S/c1-14(2,3)21-13(20)17-11-8-16-10(7-9(11)18-19-15)12-5-4-6-22-12/h4-8H,1-3H3,(H,17,20). The highest BCUT2D eigenvalue weighted by Crippen LogP contribution is 2.31. The van der Waals surface area contributed by atoms with Crippen LogP contribution in [-0.2, 0) is 4.74 Å².